The highest BCUT2D eigenvalue weighted by Gasteiger charge is 2.50. The predicted molar refractivity (Wildman–Crippen MR) is 189 cm³/mol. The molecule has 0 aromatic heterocycles. The van der Waals surface area contributed by atoms with E-state index >= 15 is 0 Å². The molecule has 214 valence electrons. The first-order valence-corrected chi connectivity index (χ1v) is 15.8. The van der Waals surface area contributed by atoms with Gasteiger partial charge in [-0.2, -0.15) is 0 Å². The second-order valence-corrected chi connectivity index (χ2v) is 12.2. The van der Waals surface area contributed by atoms with Gasteiger partial charge in [0.2, 0.25) is 0 Å². The lowest BCUT2D eigenvalue weighted by molar-refractivity contribution is 0.853. The van der Waals surface area contributed by atoms with Gasteiger partial charge in [-0.1, -0.05) is 103 Å². The van der Waals surface area contributed by atoms with Gasteiger partial charge in [-0.15, -0.1) is 0 Å². The average Bonchev–Trinajstić information content (AvgIpc) is 3.91. The van der Waals surface area contributed by atoms with E-state index in [1.54, 1.807) is 0 Å². The molecule has 2 heteroatoms. The van der Waals surface area contributed by atoms with Crippen LogP contribution in [0.4, 0.5) is 34.1 Å². The fourth-order valence-electron chi connectivity index (χ4n) is 7.50. The molecule has 0 heterocycles. The minimum absolute atomic E-state index is 0.0415. The maximum atomic E-state index is 2.47. The quantitative estimate of drug-likeness (QED) is 0.194. The van der Waals surface area contributed by atoms with E-state index in [9.17, 15) is 0 Å². The first-order valence-electron chi connectivity index (χ1n) is 15.8. The molecule has 2 nitrogen and oxygen atoms in total. The maximum absolute atomic E-state index is 2.47. The maximum Gasteiger partial charge on any atom is 0.0540 e. The van der Waals surface area contributed by atoms with Gasteiger partial charge in [-0.3, -0.25) is 0 Å². The van der Waals surface area contributed by atoms with Crippen LogP contribution in [-0.4, -0.2) is 0 Å². The van der Waals surface area contributed by atoms with E-state index in [0.29, 0.717) is 0 Å². The lowest BCUT2D eigenvalue weighted by atomic mass is 9.74. The SMILES string of the molecule is c1ccc(N(c2ccccc2)c2ccc3c(c2)C2(CC2)c2ccc(N(c4ccccc4)c4ccccc4)c4cccc-3c24)cc1. The number of anilines is 6. The third-order valence-corrected chi connectivity index (χ3v) is 9.65. The minimum Gasteiger partial charge on any atom is -0.310 e. The molecule has 7 aromatic rings. The Balaban J connectivity index is 1.25. The van der Waals surface area contributed by atoms with Gasteiger partial charge < -0.3 is 9.80 Å². The van der Waals surface area contributed by atoms with Gasteiger partial charge in [-0.25, -0.2) is 0 Å². The van der Waals surface area contributed by atoms with Crippen LogP contribution in [0.25, 0.3) is 21.9 Å². The molecule has 0 bridgehead atoms. The van der Waals surface area contributed by atoms with Crippen LogP contribution in [-0.2, 0) is 5.41 Å². The van der Waals surface area contributed by atoms with E-state index < -0.39 is 0 Å². The lowest BCUT2D eigenvalue weighted by Crippen LogP contribution is -2.18. The standard InChI is InChI=1S/C43H32N2/c1-5-14-31(15-6-1)44(32-16-7-2-8-17-32)35-24-25-36-37-22-13-23-38-41(27-26-39(42(37)38)43(28-29-43)40(36)30-35)45(33-18-9-3-10-19-33)34-20-11-4-12-21-34/h1-27,30H,28-29H2. The van der Waals surface area contributed by atoms with Crippen LogP contribution in [0, 0.1) is 0 Å². The van der Waals surface area contributed by atoms with Crippen molar-refractivity contribution in [3.63, 3.8) is 0 Å². The van der Waals surface area contributed by atoms with Crippen molar-refractivity contribution in [2.24, 2.45) is 0 Å². The highest BCUT2D eigenvalue weighted by Crippen LogP contribution is 2.63. The number of para-hydroxylation sites is 4. The molecule has 0 radical (unpaired) electrons. The van der Waals surface area contributed by atoms with Crippen LogP contribution in [0.1, 0.15) is 24.0 Å². The Bertz CT molecular complexity index is 2070. The zero-order chi connectivity index (χ0) is 29.8. The fourth-order valence-corrected chi connectivity index (χ4v) is 7.50. The number of rotatable bonds is 6. The van der Waals surface area contributed by atoms with Crippen LogP contribution in [0.3, 0.4) is 0 Å². The van der Waals surface area contributed by atoms with E-state index in [4.69, 9.17) is 0 Å². The van der Waals surface area contributed by atoms with Crippen molar-refractivity contribution in [3.05, 3.63) is 181 Å². The molecule has 1 fully saturated rings. The Labute approximate surface area is 264 Å². The van der Waals surface area contributed by atoms with Gasteiger partial charge in [-0.05, 0) is 107 Å². The fraction of sp³-hybridized carbons (Fsp3) is 0.0698. The molecule has 0 aliphatic heterocycles. The Hall–Kier alpha value is -5.60. The second kappa shape index (κ2) is 10.2. The van der Waals surface area contributed by atoms with Crippen molar-refractivity contribution >= 4 is 44.9 Å². The Morgan fingerprint density at radius 2 is 0.911 bits per heavy atom. The molecule has 0 N–H and O–H groups in total. The van der Waals surface area contributed by atoms with Crippen LogP contribution < -0.4 is 9.80 Å². The topological polar surface area (TPSA) is 6.48 Å². The van der Waals surface area contributed by atoms with E-state index in [2.05, 4.69) is 180 Å². The lowest BCUT2D eigenvalue weighted by Gasteiger charge is -2.34. The average molecular weight is 577 g/mol. The number of fused-ring (bicyclic) bond motifs is 4. The molecule has 0 amide bonds. The summed E-state index contributed by atoms with van der Waals surface area (Å²) >= 11 is 0. The van der Waals surface area contributed by atoms with E-state index in [1.165, 1.54) is 68.6 Å². The molecular weight excluding hydrogens is 544 g/mol. The third kappa shape index (κ3) is 4.10. The van der Waals surface area contributed by atoms with Crippen LogP contribution >= 0.6 is 0 Å². The summed E-state index contributed by atoms with van der Waals surface area (Å²) in [7, 11) is 0. The normalized spacial score (nSPS) is 13.8. The van der Waals surface area contributed by atoms with Gasteiger partial charge >= 0.3 is 0 Å². The molecule has 2 aliphatic carbocycles. The summed E-state index contributed by atoms with van der Waals surface area (Å²) < 4.78 is 0. The monoisotopic (exact) mass is 576 g/mol. The van der Waals surface area contributed by atoms with E-state index in [-0.39, 0.29) is 5.41 Å². The number of hydrogen-bond acceptors (Lipinski definition) is 2. The molecule has 1 spiro atoms. The minimum atomic E-state index is 0.0415. The summed E-state index contributed by atoms with van der Waals surface area (Å²) in [6.07, 6.45) is 2.34. The van der Waals surface area contributed by atoms with Crippen LogP contribution in [0.2, 0.25) is 0 Å². The number of nitrogens with zero attached hydrogens (tertiary/aromatic N) is 2. The van der Waals surface area contributed by atoms with E-state index in [1.807, 2.05) is 0 Å². The molecule has 7 aromatic carbocycles. The van der Waals surface area contributed by atoms with E-state index in [0.717, 1.165) is 11.4 Å². The largest absolute Gasteiger partial charge is 0.310 e. The summed E-state index contributed by atoms with van der Waals surface area (Å²) in [5, 5.41) is 2.70. The van der Waals surface area contributed by atoms with Crippen molar-refractivity contribution < 1.29 is 0 Å². The zero-order valence-electron chi connectivity index (χ0n) is 25.0. The second-order valence-electron chi connectivity index (χ2n) is 12.2. The summed E-state index contributed by atoms with van der Waals surface area (Å²) in [6.45, 7) is 0. The van der Waals surface area contributed by atoms with Crippen LogP contribution in [0.5, 0.6) is 0 Å². The van der Waals surface area contributed by atoms with Gasteiger partial charge in [0.05, 0.1) is 5.69 Å². The summed E-state index contributed by atoms with van der Waals surface area (Å²) in [6, 6.07) is 61.7. The summed E-state index contributed by atoms with van der Waals surface area (Å²) in [5.41, 5.74) is 12.7. The molecule has 0 atom stereocenters. The summed E-state index contributed by atoms with van der Waals surface area (Å²) in [4.78, 5) is 4.78. The van der Waals surface area contributed by atoms with Crippen molar-refractivity contribution in [1.82, 2.24) is 0 Å². The van der Waals surface area contributed by atoms with Crippen molar-refractivity contribution in [2.75, 3.05) is 9.80 Å². The van der Waals surface area contributed by atoms with Crippen LogP contribution in [0.15, 0.2) is 170 Å². The smallest absolute Gasteiger partial charge is 0.0540 e. The van der Waals surface area contributed by atoms with Gasteiger partial charge in [0.15, 0.2) is 0 Å². The first-order chi connectivity index (χ1) is 22.3. The number of benzene rings is 7. The van der Waals surface area contributed by atoms with Gasteiger partial charge in [0.25, 0.3) is 0 Å². The van der Waals surface area contributed by atoms with Gasteiger partial charge in [0, 0.05) is 39.2 Å². The van der Waals surface area contributed by atoms with Gasteiger partial charge in [0.1, 0.15) is 0 Å². The Kier molecular flexibility index (Phi) is 5.89. The summed E-state index contributed by atoms with van der Waals surface area (Å²) in [5.74, 6) is 0. The van der Waals surface area contributed by atoms with Crippen molar-refractivity contribution in [3.8, 4) is 11.1 Å². The predicted octanol–water partition coefficient (Wildman–Crippen LogP) is 11.8. The first kappa shape index (κ1) is 25.9. The Morgan fingerprint density at radius 3 is 1.44 bits per heavy atom. The molecular formula is C43H32N2. The molecule has 0 unspecified atom stereocenters. The van der Waals surface area contributed by atoms with Crippen molar-refractivity contribution in [2.45, 2.75) is 18.3 Å². The third-order valence-electron chi connectivity index (χ3n) is 9.65. The number of hydrogen-bond donors (Lipinski definition) is 0. The highest BCUT2D eigenvalue weighted by atomic mass is 15.1. The zero-order valence-corrected chi connectivity index (χ0v) is 25.0. The molecule has 45 heavy (non-hydrogen) atoms. The molecule has 1 saturated carbocycles. The van der Waals surface area contributed by atoms with Crippen molar-refractivity contribution in [1.29, 1.82) is 0 Å². The molecule has 9 rings (SSSR count). The molecule has 2 aliphatic rings. The highest BCUT2D eigenvalue weighted by molar-refractivity contribution is 6.10. The molecule has 0 saturated heterocycles. The Morgan fingerprint density at radius 1 is 0.378 bits per heavy atom.